The largest absolute Gasteiger partial charge is 0.394 e. The maximum atomic E-state index is 10.7. The van der Waals surface area contributed by atoms with Gasteiger partial charge in [-0.15, -0.1) is 0 Å². The zero-order valence-electron chi connectivity index (χ0n) is 13.0. The van der Waals surface area contributed by atoms with Crippen molar-refractivity contribution < 1.29 is 30.0 Å². The number of primary amides is 1. The fourth-order valence-corrected chi connectivity index (χ4v) is 1.51. The molecule has 0 aliphatic carbocycles. The lowest BCUT2D eigenvalue weighted by Crippen LogP contribution is -2.43. The highest BCUT2D eigenvalue weighted by molar-refractivity contribution is 6.30. The number of ether oxygens (including phenoxy) is 1. The number of amides is 1. The molecule has 0 heterocycles. The van der Waals surface area contributed by atoms with Gasteiger partial charge in [0.1, 0.15) is 11.6 Å². The van der Waals surface area contributed by atoms with Gasteiger partial charge in [-0.05, 0) is 12.8 Å². The number of carbonyl (C=O) groups excluding carboxylic acids is 1. The predicted octanol–water partition coefficient (Wildman–Crippen LogP) is -2.88. The first-order chi connectivity index (χ1) is 11.0. The molecule has 0 spiro atoms. The van der Waals surface area contributed by atoms with Crippen molar-refractivity contribution in [1.29, 1.82) is 0 Å². The first kappa shape index (κ1) is 21.4. The average Bonchev–Trinajstić information content (AvgIpc) is 2.56. The second-order valence-electron chi connectivity index (χ2n) is 5.04. The van der Waals surface area contributed by atoms with E-state index in [1.165, 1.54) is 6.21 Å². The van der Waals surface area contributed by atoms with Crippen LogP contribution in [0.15, 0.2) is 10.1 Å². The van der Waals surface area contributed by atoms with Crippen LogP contribution in [-0.2, 0) is 9.53 Å². The Labute approximate surface area is 134 Å². The van der Waals surface area contributed by atoms with E-state index in [1.54, 1.807) is 0 Å². The standard InChI is InChI=1S/C13H26N4O6/c14-12(22)3-1-2-10(17-15)4-16-13(7-20,8-21)9-23-11(5-18)6-19/h4,11,18-21H,1-3,5-9,15H2,(H2,14,22)/b16-4?,17-10-. The van der Waals surface area contributed by atoms with E-state index in [-0.39, 0.29) is 13.0 Å². The molecule has 0 radical (unpaired) electrons. The van der Waals surface area contributed by atoms with Gasteiger partial charge in [0.25, 0.3) is 0 Å². The molecule has 0 fully saturated rings. The number of nitrogens with zero attached hydrogens (tertiary/aromatic N) is 2. The molecule has 134 valence electrons. The number of hydrogen-bond acceptors (Lipinski definition) is 9. The fourth-order valence-electron chi connectivity index (χ4n) is 1.51. The summed E-state index contributed by atoms with van der Waals surface area (Å²) in [7, 11) is 0. The van der Waals surface area contributed by atoms with Gasteiger partial charge >= 0.3 is 0 Å². The molecule has 0 aromatic heterocycles. The molecule has 0 aliphatic rings. The molecule has 0 unspecified atom stereocenters. The Kier molecular flexibility index (Phi) is 11.1. The molecule has 0 saturated heterocycles. The van der Waals surface area contributed by atoms with Crippen molar-refractivity contribution in [2.75, 3.05) is 33.0 Å². The molecule has 1 amide bonds. The topological polar surface area (TPSA) is 184 Å². The van der Waals surface area contributed by atoms with Crippen LogP contribution >= 0.6 is 0 Å². The summed E-state index contributed by atoms with van der Waals surface area (Å²) in [4.78, 5) is 14.7. The highest BCUT2D eigenvalue weighted by Crippen LogP contribution is 2.12. The molecule has 0 saturated carbocycles. The van der Waals surface area contributed by atoms with Crippen LogP contribution < -0.4 is 11.6 Å². The van der Waals surface area contributed by atoms with Crippen LogP contribution in [0.1, 0.15) is 19.3 Å². The van der Waals surface area contributed by atoms with Gasteiger partial charge in [0.05, 0.1) is 38.7 Å². The Bertz CT molecular complexity index is 394. The quantitative estimate of drug-likeness (QED) is 0.119. The van der Waals surface area contributed by atoms with E-state index < -0.39 is 44.0 Å². The number of rotatable bonds is 13. The van der Waals surface area contributed by atoms with E-state index in [1.807, 2.05) is 0 Å². The second kappa shape index (κ2) is 11.9. The molecule has 0 aliphatic heterocycles. The van der Waals surface area contributed by atoms with Gasteiger partial charge in [0.15, 0.2) is 0 Å². The summed E-state index contributed by atoms with van der Waals surface area (Å²) < 4.78 is 5.20. The number of nitrogens with two attached hydrogens (primary N) is 2. The SMILES string of the molecule is N/N=C(\C=NC(CO)(CO)COC(CO)CO)CCCC(N)=O. The molecule has 0 rings (SSSR count). The number of hydrogen-bond donors (Lipinski definition) is 6. The third-order valence-electron chi connectivity index (χ3n) is 3.09. The summed E-state index contributed by atoms with van der Waals surface area (Å²) in [6, 6.07) is 0. The first-order valence-corrected chi connectivity index (χ1v) is 7.12. The van der Waals surface area contributed by atoms with E-state index >= 15 is 0 Å². The maximum absolute atomic E-state index is 10.7. The zero-order chi connectivity index (χ0) is 17.7. The molecule has 0 aromatic rings. The van der Waals surface area contributed by atoms with Gasteiger partial charge in [0, 0.05) is 12.6 Å². The lowest BCUT2D eigenvalue weighted by Gasteiger charge is -2.27. The van der Waals surface area contributed by atoms with Crippen molar-refractivity contribution in [2.24, 2.45) is 21.7 Å². The van der Waals surface area contributed by atoms with Gasteiger partial charge in [-0.2, -0.15) is 5.10 Å². The Balaban J connectivity index is 4.77. The lowest BCUT2D eigenvalue weighted by molar-refractivity contribution is -0.118. The van der Waals surface area contributed by atoms with Crippen molar-refractivity contribution in [3.8, 4) is 0 Å². The van der Waals surface area contributed by atoms with Gasteiger partial charge in [-0.1, -0.05) is 0 Å². The van der Waals surface area contributed by atoms with Crippen LogP contribution in [0.25, 0.3) is 0 Å². The summed E-state index contributed by atoms with van der Waals surface area (Å²) in [6.45, 7) is -2.08. The number of aliphatic imine (C=N–C) groups is 1. The molecule has 23 heavy (non-hydrogen) atoms. The van der Waals surface area contributed by atoms with Crippen LogP contribution in [0.4, 0.5) is 0 Å². The smallest absolute Gasteiger partial charge is 0.217 e. The van der Waals surface area contributed by atoms with Crippen molar-refractivity contribution in [2.45, 2.75) is 30.9 Å². The minimum atomic E-state index is -1.36. The molecule has 10 heteroatoms. The summed E-state index contributed by atoms with van der Waals surface area (Å²) in [5.41, 5.74) is 4.03. The van der Waals surface area contributed by atoms with Gasteiger partial charge < -0.3 is 36.7 Å². The maximum Gasteiger partial charge on any atom is 0.217 e. The van der Waals surface area contributed by atoms with Gasteiger partial charge in [-0.25, -0.2) is 0 Å². The van der Waals surface area contributed by atoms with Crippen LogP contribution in [0.2, 0.25) is 0 Å². The Morgan fingerprint density at radius 1 is 1.17 bits per heavy atom. The summed E-state index contributed by atoms with van der Waals surface area (Å²) in [5, 5.41) is 40.3. The van der Waals surface area contributed by atoms with Gasteiger partial charge in [-0.3, -0.25) is 9.79 Å². The second-order valence-corrected chi connectivity index (χ2v) is 5.04. The molecule has 10 nitrogen and oxygen atoms in total. The zero-order valence-corrected chi connectivity index (χ0v) is 13.0. The summed E-state index contributed by atoms with van der Waals surface area (Å²) in [6.07, 6.45) is 1.42. The van der Waals surface area contributed by atoms with Crippen molar-refractivity contribution >= 4 is 17.8 Å². The van der Waals surface area contributed by atoms with E-state index in [0.717, 1.165) is 0 Å². The van der Waals surface area contributed by atoms with Crippen LogP contribution in [0.5, 0.6) is 0 Å². The molecule has 8 N–H and O–H groups in total. The van der Waals surface area contributed by atoms with Crippen molar-refractivity contribution in [3.63, 3.8) is 0 Å². The highest BCUT2D eigenvalue weighted by atomic mass is 16.5. The summed E-state index contributed by atoms with van der Waals surface area (Å²) >= 11 is 0. The predicted molar refractivity (Wildman–Crippen MR) is 84.0 cm³/mol. The van der Waals surface area contributed by atoms with Crippen LogP contribution in [0, 0.1) is 0 Å². The number of hydrazone groups is 1. The fraction of sp³-hybridized carbons (Fsp3) is 0.769. The number of aliphatic hydroxyl groups is 4. The van der Waals surface area contributed by atoms with Crippen LogP contribution in [0.3, 0.4) is 0 Å². The van der Waals surface area contributed by atoms with Crippen LogP contribution in [-0.4, -0.2) is 82.9 Å². The number of aliphatic hydroxyl groups excluding tert-OH is 4. The third-order valence-corrected chi connectivity index (χ3v) is 3.09. The minimum Gasteiger partial charge on any atom is -0.394 e. The lowest BCUT2D eigenvalue weighted by atomic mass is 10.0. The molecule has 0 bridgehead atoms. The molecular formula is C13H26N4O6. The van der Waals surface area contributed by atoms with E-state index in [4.69, 9.17) is 26.5 Å². The van der Waals surface area contributed by atoms with E-state index in [2.05, 4.69) is 10.1 Å². The Hall–Kier alpha value is -1.59. The Morgan fingerprint density at radius 2 is 1.78 bits per heavy atom. The minimum absolute atomic E-state index is 0.176. The van der Waals surface area contributed by atoms with Gasteiger partial charge in [0.2, 0.25) is 5.91 Å². The Morgan fingerprint density at radius 3 is 2.22 bits per heavy atom. The van der Waals surface area contributed by atoms with Crippen molar-refractivity contribution in [1.82, 2.24) is 0 Å². The summed E-state index contributed by atoms with van der Waals surface area (Å²) in [5.74, 6) is 4.79. The first-order valence-electron chi connectivity index (χ1n) is 7.12. The molecular weight excluding hydrogens is 308 g/mol. The number of carbonyl (C=O) groups is 1. The molecule has 0 aromatic carbocycles. The monoisotopic (exact) mass is 334 g/mol. The van der Waals surface area contributed by atoms with E-state index in [9.17, 15) is 15.0 Å². The van der Waals surface area contributed by atoms with E-state index in [0.29, 0.717) is 18.6 Å². The third kappa shape index (κ3) is 8.57. The highest BCUT2D eigenvalue weighted by Gasteiger charge is 2.29. The molecule has 0 atom stereocenters. The normalized spacial score (nSPS) is 13.2. The van der Waals surface area contributed by atoms with Crippen molar-refractivity contribution in [3.05, 3.63) is 0 Å². The average molecular weight is 334 g/mol.